The lowest BCUT2D eigenvalue weighted by atomic mass is 10.3. The van der Waals surface area contributed by atoms with Gasteiger partial charge in [0.15, 0.2) is 4.77 Å². The molecule has 0 bridgehead atoms. The van der Waals surface area contributed by atoms with E-state index in [-0.39, 0.29) is 23.4 Å². The predicted molar refractivity (Wildman–Crippen MR) is 87.0 cm³/mol. The lowest BCUT2D eigenvalue weighted by Gasteiger charge is -1.99. The molecule has 12 heteroatoms. The number of carboxylic acid groups (broad SMARTS) is 1. The standard InChI is InChI=1S/C7H9N3O3S.C4H3BrN2O2/c11-5(12)3-8-1-4-2-9-7(14)10-6(4)13;5-2-1-6-4(9)7-3(2)8/h2,8H,1,3H2,(H,11,12)(H2,9,10,13,14);1H,(H2,6,7,8,9). The number of aliphatic carboxylic acids is 1. The fourth-order valence-electron chi connectivity index (χ4n) is 1.27. The number of aromatic nitrogens is 4. The zero-order valence-electron chi connectivity index (χ0n) is 11.4. The smallest absolute Gasteiger partial charge is 0.325 e. The first kappa shape index (κ1) is 18.7. The molecular weight excluding hydrogens is 394 g/mol. The Morgan fingerprint density at radius 2 is 1.87 bits per heavy atom. The van der Waals surface area contributed by atoms with Gasteiger partial charge in [0, 0.05) is 24.5 Å². The van der Waals surface area contributed by atoms with E-state index in [2.05, 4.69) is 48.4 Å². The molecule has 0 amide bonds. The number of rotatable bonds is 4. The Morgan fingerprint density at radius 3 is 2.39 bits per heavy atom. The summed E-state index contributed by atoms with van der Waals surface area (Å²) in [7, 11) is 0. The van der Waals surface area contributed by atoms with Crippen LogP contribution in [0.5, 0.6) is 0 Å². The zero-order valence-corrected chi connectivity index (χ0v) is 13.8. The molecule has 10 nitrogen and oxygen atoms in total. The molecule has 0 aliphatic rings. The van der Waals surface area contributed by atoms with Crippen molar-refractivity contribution in [3.05, 3.63) is 58.4 Å². The van der Waals surface area contributed by atoms with E-state index in [1.807, 2.05) is 4.98 Å². The van der Waals surface area contributed by atoms with Crippen LogP contribution >= 0.6 is 28.1 Å². The Morgan fingerprint density at radius 1 is 1.17 bits per heavy atom. The van der Waals surface area contributed by atoms with E-state index in [4.69, 9.17) is 5.11 Å². The molecule has 2 rings (SSSR count). The average molecular weight is 406 g/mol. The van der Waals surface area contributed by atoms with Crippen LogP contribution in [0.15, 0.2) is 31.3 Å². The highest BCUT2D eigenvalue weighted by atomic mass is 79.9. The maximum absolute atomic E-state index is 11.2. The highest BCUT2D eigenvalue weighted by Crippen LogP contribution is 1.93. The van der Waals surface area contributed by atoms with Gasteiger partial charge < -0.3 is 20.4 Å². The molecule has 0 fully saturated rings. The van der Waals surface area contributed by atoms with Gasteiger partial charge in [-0.3, -0.25) is 24.4 Å². The van der Waals surface area contributed by atoms with Crippen molar-refractivity contribution in [1.82, 2.24) is 25.3 Å². The molecule has 0 atom stereocenters. The van der Waals surface area contributed by atoms with Gasteiger partial charge in [0.25, 0.3) is 11.1 Å². The van der Waals surface area contributed by atoms with Gasteiger partial charge in [-0.05, 0) is 28.1 Å². The minimum atomic E-state index is -0.967. The largest absolute Gasteiger partial charge is 0.480 e. The van der Waals surface area contributed by atoms with Crippen LogP contribution in [0.1, 0.15) is 5.56 Å². The van der Waals surface area contributed by atoms with Gasteiger partial charge in [-0.25, -0.2) is 4.79 Å². The van der Waals surface area contributed by atoms with Crippen LogP contribution in [0.25, 0.3) is 0 Å². The van der Waals surface area contributed by atoms with E-state index in [1.54, 1.807) is 0 Å². The molecule has 2 heterocycles. The van der Waals surface area contributed by atoms with Gasteiger partial charge in [0.05, 0.1) is 11.0 Å². The molecule has 2 aromatic rings. The molecule has 0 aliphatic carbocycles. The second-order valence-electron chi connectivity index (χ2n) is 4.01. The first-order chi connectivity index (χ1) is 10.8. The van der Waals surface area contributed by atoms with Crippen molar-refractivity contribution >= 4 is 34.1 Å². The van der Waals surface area contributed by atoms with Crippen LogP contribution in [0.4, 0.5) is 0 Å². The number of nitrogens with one attached hydrogen (secondary N) is 5. The summed E-state index contributed by atoms with van der Waals surface area (Å²) in [5, 5.41) is 10.9. The third-order valence-corrected chi connectivity index (χ3v) is 3.07. The molecule has 6 N–H and O–H groups in total. The first-order valence-electron chi connectivity index (χ1n) is 6.00. The number of carbonyl (C=O) groups is 1. The van der Waals surface area contributed by atoms with Crippen molar-refractivity contribution in [3.63, 3.8) is 0 Å². The van der Waals surface area contributed by atoms with Crippen molar-refractivity contribution in [3.8, 4) is 0 Å². The van der Waals surface area contributed by atoms with Gasteiger partial charge in [0.1, 0.15) is 0 Å². The van der Waals surface area contributed by atoms with E-state index >= 15 is 0 Å². The molecular formula is C11H12BrN5O5S. The normalized spacial score (nSPS) is 9.78. The van der Waals surface area contributed by atoms with Crippen LogP contribution in [0, 0.1) is 4.77 Å². The molecule has 0 saturated heterocycles. The Labute approximate surface area is 141 Å². The summed E-state index contributed by atoms with van der Waals surface area (Å²) in [5.74, 6) is -0.967. The highest BCUT2D eigenvalue weighted by molar-refractivity contribution is 9.10. The number of hydrogen-bond acceptors (Lipinski definition) is 6. The van der Waals surface area contributed by atoms with Crippen molar-refractivity contribution < 1.29 is 9.90 Å². The van der Waals surface area contributed by atoms with Crippen LogP contribution in [0.2, 0.25) is 0 Å². The van der Waals surface area contributed by atoms with Gasteiger partial charge >= 0.3 is 11.7 Å². The van der Waals surface area contributed by atoms with E-state index in [9.17, 15) is 19.2 Å². The molecule has 0 aromatic carbocycles. The summed E-state index contributed by atoms with van der Waals surface area (Å²) in [6.45, 7) is 0.00279. The SMILES string of the molecule is O=C(O)CNCc1c[nH]c(=S)[nH]c1=O.O=c1[nH]cc(Br)c(=O)[nH]1. The molecule has 2 aromatic heterocycles. The number of carboxylic acids is 1. The fraction of sp³-hybridized carbons (Fsp3) is 0.182. The first-order valence-corrected chi connectivity index (χ1v) is 7.20. The summed E-state index contributed by atoms with van der Waals surface area (Å²) in [6.07, 6.45) is 2.75. The average Bonchev–Trinajstić information content (AvgIpc) is 2.46. The fourth-order valence-corrected chi connectivity index (χ4v) is 1.63. The van der Waals surface area contributed by atoms with E-state index in [0.29, 0.717) is 10.0 Å². The van der Waals surface area contributed by atoms with Crippen molar-refractivity contribution in [1.29, 1.82) is 0 Å². The Bertz CT molecular complexity index is 899. The van der Waals surface area contributed by atoms with Crippen molar-refractivity contribution in [2.45, 2.75) is 6.54 Å². The lowest BCUT2D eigenvalue weighted by molar-refractivity contribution is -0.136. The van der Waals surface area contributed by atoms with Gasteiger partial charge in [-0.15, -0.1) is 0 Å². The van der Waals surface area contributed by atoms with E-state index in [0.717, 1.165) is 0 Å². The quantitative estimate of drug-likeness (QED) is 0.370. The number of H-pyrrole nitrogens is 4. The second kappa shape index (κ2) is 8.97. The monoisotopic (exact) mass is 405 g/mol. The van der Waals surface area contributed by atoms with E-state index < -0.39 is 17.2 Å². The summed E-state index contributed by atoms with van der Waals surface area (Å²) < 4.78 is 0.569. The van der Waals surface area contributed by atoms with Crippen LogP contribution in [0.3, 0.4) is 0 Å². The van der Waals surface area contributed by atoms with Crippen LogP contribution in [-0.2, 0) is 11.3 Å². The number of halogens is 1. The minimum Gasteiger partial charge on any atom is -0.480 e. The Hall–Kier alpha value is -2.31. The third kappa shape index (κ3) is 6.99. The maximum Gasteiger partial charge on any atom is 0.325 e. The van der Waals surface area contributed by atoms with Crippen molar-refractivity contribution in [2.24, 2.45) is 0 Å². The summed E-state index contributed by atoms with van der Waals surface area (Å²) in [4.78, 5) is 51.5. The molecule has 0 aliphatic heterocycles. The predicted octanol–water partition coefficient (Wildman–Crippen LogP) is -0.568. The number of hydrogen-bond donors (Lipinski definition) is 6. The molecule has 124 valence electrons. The lowest BCUT2D eigenvalue weighted by Crippen LogP contribution is -2.26. The third-order valence-electron chi connectivity index (χ3n) is 2.26. The topological polar surface area (TPSA) is 164 Å². The minimum absolute atomic E-state index is 0.185. The summed E-state index contributed by atoms with van der Waals surface area (Å²) >= 11 is 7.60. The molecule has 0 saturated carbocycles. The Kier molecular flexibility index (Phi) is 7.31. The number of aromatic amines is 4. The van der Waals surface area contributed by atoms with Gasteiger partial charge in [-0.1, -0.05) is 0 Å². The second-order valence-corrected chi connectivity index (χ2v) is 5.28. The summed E-state index contributed by atoms with van der Waals surface area (Å²) in [5.41, 5.74) is -0.812. The van der Waals surface area contributed by atoms with Crippen molar-refractivity contribution in [2.75, 3.05) is 6.54 Å². The van der Waals surface area contributed by atoms with Gasteiger partial charge in [0.2, 0.25) is 0 Å². The van der Waals surface area contributed by atoms with Crippen LogP contribution < -0.4 is 22.1 Å². The maximum atomic E-state index is 11.2. The molecule has 23 heavy (non-hydrogen) atoms. The highest BCUT2D eigenvalue weighted by Gasteiger charge is 2.00. The summed E-state index contributed by atoms with van der Waals surface area (Å²) in [6, 6.07) is 0. The zero-order chi connectivity index (χ0) is 17.4. The Balaban J connectivity index is 0.000000253. The molecule has 0 spiro atoms. The van der Waals surface area contributed by atoms with E-state index in [1.165, 1.54) is 12.4 Å². The van der Waals surface area contributed by atoms with Crippen LogP contribution in [-0.4, -0.2) is 37.6 Å². The van der Waals surface area contributed by atoms with Gasteiger partial charge in [-0.2, -0.15) is 0 Å². The molecule has 0 radical (unpaired) electrons. The molecule has 0 unspecified atom stereocenters.